The zero-order valence-electron chi connectivity index (χ0n) is 11.9. The summed E-state index contributed by atoms with van der Waals surface area (Å²) in [6.07, 6.45) is 0.976. The van der Waals surface area contributed by atoms with Crippen LogP contribution in [0.2, 0.25) is 0 Å². The summed E-state index contributed by atoms with van der Waals surface area (Å²) in [5.41, 5.74) is 0.536. The molecule has 0 radical (unpaired) electrons. The summed E-state index contributed by atoms with van der Waals surface area (Å²) in [5, 5.41) is 11.2. The van der Waals surface area contributed by atoms with Gasteiger partial charge in [-0.25, -0.2) is 0 Å². The molecule has 0 bridgehead atoms. The summed E-state index contributed by atoms with van der Waals surface area (Å²) < 4.78 is 5.56. The van der Waals surface area contributed by atoms with Crippen LogP contribution in [0.4, 0.5) is 0 Å². The van der Waals surface area contributed by atoms with Crippen LogP contribution in [0.1, 0.15) is 36.5 Å². The van der Waals surface area contributed by atoms with E-state index < -0.39 is 12.1 Å². The maximum Gasteiger partial charge on any atom is 0.303 e. The van der Waals surface area contributed by atoms with Gasteiger partial charge in [-0.3, -0.25) is 14.4 Å². The lowest BCUT2D eigenvalue weighted by Crippen LogP contribution is -2.38. The molecule has 0 fully saturated rings. The van der Waals surface area contributed by atoms with Crippen molar-refractivity contribution in [3.05, 3.63) is 29.8 Å². The van der Waals surface area contributed by atoms with Crippen molar-refractivity contribution in [2.45, 2.75) is 32.3 Å². The molecule has 1 aromatic carbocycles. The molecule has 21 heavy (non-hydrogen) atoms. The van der Waals surface area contributed by atoms with Crippen molar-refractivity contribution in [2.75, 3.05) is 6.54 Å². The number of rotatable bonds is 9. The Morgan fingerprint density at radius 3 is 2.52 bits per heavy atom. The van der Waals surface area contributed by atoms with E-state index in [-0.39, 0.29) is 12.3 Å². The second-order valence-corrected chi connectivity index (χ2v) is 4.49. The molecule has 0 aliphatic carbocycles. The number of aldehydes is 1. The number of aliphatic carboxylic acids is 1. The minimum absolute atomic E-state index is 0.0189. The summed E-state index contributed by atoms with van der Waals surface area (Å²) in [4.78, 5) is 32.8. The highest BCUT2D eigenvalue weighted by atomic mass is 16.5. The number of ether oxygens (including phenoxy) is 1. The Morgan fingerprint density at radius 1 is 1.33 bits per heavy atom. The van der Waals surface area contributed by atoms with Gasteiger partial charge in [0.2, 0.25) is 0 Å². The van der Waals surface area contributed by atoms with Crippen LogP contribution < -0.4 is 10.1 Å². The van der Waals surface area contributed by atoms with Crippen LogP contribution in [0.25, 0.3) is 0 Å². The normalized spacial score (nSPS) is 11.5. The Balaban J connectivity index is 2.46. The molecular formula is C15H19NO5. The van der Waals surface area contributed by atoms with E-state index in [0.29, 0.717) is 30.7 Å². The van der Waals surface area contributed by atoms with E-state index in [4.69, 9.17) is 9.84 Å². The predicted octanol–water partition coefficient (Wildman–Crippen LogP) is 1.64. The number of hydrogen-bond donors (Lipinski definition) is 2. The molecule has 114 valence electrons. The highest BCUT2D eigenvalue weighted by molar-refractivity contribution is 5.81. The van der Waals surface area contributed by atoms with Crippen molar-refractivity contribution < 1.29 is 24.2 Å². The number of amides is 1. The maximum atomic E-state index is 11.9. The predicted molar refractivity (Wildman–Crippen MR) is 76.4 cm³/mol. The molecule has 1 unspecified atom stereocenters. The molecule has 2 N–H and O–H groups in total. The SMILES string of the molecule is CCC(Oc1ccc(C=O)cc1)C(=O)NCCCC(=O)O. The topological polar surface area (TPSA) is 92.7 Å². The lowest BCUT2D eigenvalue weighted by Gasteiger charge is -2.17. The van der Waals surface area contributed by atoms with Gasteiger partial charge in [-0.1, -0.05) is 6.92 Å². The van der Waals surface area contributed by atoms with Crippen molar-refractivity contribution in [3.63, 3.8) is 0 Å². The van der Waals surface area contributed by atoms with E-state index in [1.54, 1.807) is 24.3 Å². The number of carboxylic acid groups (broad SMARTS) is 1. The van der Waals surface area contributed by atoms with E-state index in [9.17, 15) is 14.4 Å². The minimum Gasteiger partial charge on any atom is -0.481 e. The van der Waals surface area contributed by atoms with E-state index in [1.165, 1.54) is 0 Å². The van der Waals surface area contributed by atoms with Crippen molar-refractivity contribution in [3.8, 4) is 5.75 Å². The van der Waals surface area contributed by atoms with Gasteiger partial charge in [0, 0.05) is 18.5 Å². The van der Waals surface area contributed by atoms with E-state index in [2.05, 4.69) is 5.32 Å². The molecule has 6 nitrogen and oxygen atoms in total. The van der Waals surface area contributed by atoms with Gasteiger partial charge in [-0.2, -0.15) is 0 Å². The van der Waals surface area contributed by atoms with E-state index >= 15 is 0 Å². The number of carbonyl (C=O) groups is 3. The monoisotopic (exact) mass is 293 g/mol. The smallest absolute Gasteiger partial charge is 0.303 e. The van der Waals surface area contributed by atoms with Crippen LogP contribution in [-0.4, -0.2) is 35.9 Å². The zero-order valence-corrected chi connectivity index (χ0v) is 11.9. The largest absolute Gasteiger partial charge is 0.481 e. The number of nitrogens with one attached hydrogen (secondary N) is 1. The van der Waals surface area contributed by atoms with Gasteiger partial charge < -0.3 is 15.2 Å². The first-order chi connectivity index (χ1) is 10.1. The Hall–Kier alpha value is -2.37. The second kappa shape index (κ2) is 8.73. The van der Waals surface area contributed by atoms with Crippen molar-refractivity contribution in [2.24, 2.45) is 0 Å². The first-order valence-electron chi connectivity index (χ1n) is 6.78. The molecular weight excluding hydrogens is 274 g/mol. The highest BCUT2D eigenvalue weighted by Gasteiger charge is 2.17. The standard InChI is InChI=1S/C15H19NO5/c1-2-13(15(20)16-9-3-4-14(18)19)21-12-7-5-11(10-17)6-8-12/h5-8,10,13H,2-4,9H2,1H3,(H,16,20)(H,18,19). The van der Waals surface area contributed by atoms with Gasteiger partial charge in [0.1, 0.15) is 12.0 Å². The summed E-state index contributed by atoms with van der Waals surface area (Å²) in [5.74, 6) is -0.654. The molecule has 0 saturated carbocycles. The van der Waals surface area contributed by atoms with Crippen LogP contribution in [0.15, 0.2) is 24.3 Å². The Labute approximate surface area is 123 Å². The number of carbonyl (C=O) groups excluding carboxylic acids is 2. The summed E-state index contributed by atoms with van der Waals surface area (Å²) >= 11 is 0. The first kappa shape index (κ1) is 16.7. The molecule has 1 rings (SSSR count). The van der Waals surface area contributed by atoms with Gasteiger partial charge >= 0.3 is 5.97 Å². The van der Waals surface area contributed by atoms with Crippen molar-refractivity contribution in [1.29, 1.82) is 0 Å². The van der Waals surface area contributed by atoms with E-state index in [0.717, 1.165) is 6.29 Å². The third kappa shape index (κ3) is 6.07. The lowest BCUT2D eigenvalue weighted by molar-refractivity contribution is -0.137. The fourth-order valence-electron chi connectivity index (χ4n) is 1.68. The van der Waals surface area contributed by atoms with Gasteiger partial charge in [-0.05, 0) is 37.1 Å². The molecule has 0 aliphatic heterocycles. The van der Waals surface area contributed by atoms with Crippen LogP contribution in [-0.2, 0) is 9.59 Å². The lowest BCUT2D eigenvalue weighted by atomic mass is 10.2. The van der Waals surface area contributed by atoms with Gasteiger partial charge in [-0.15, -0.1) is 0 Å². The number of hydrogen-bond acceptors (Lipinski definition) is 4. The van der Waals surface area contributed by atoms with Gasteiger partial charge in [0.15, 0.2) is 6.10 Å². The third-order valence-corrected chi connectivity index (χ3v) is 2.82. The van der Waals surface area contributed by atoms with Crippen molar-refractivity contribution >= 4 is 18.2 Å². The van der Waals surface area contributed by atoms with Gasteiger partial charge in [0.05, 0.1) is 0 Å². The number of benzene rings is 1. The molecule has 0 saturated heterocycles. The summed E-state index contributed by atoms with van der Waals surface area (Å²) in [6.45, 7) is 2.12. The van der Waals surface area contributed by atoms with Gasteiger partial charge in [0.25, 0.3) is 5.91 Å². The summed E-state index contributed by atoms with van der Waals surface area (Å²) in [7, 11) is 0. The molecule has 1 amide bonds. The van der Waals surface area contributed by atoms with Crippen molar-refractivity contribution in [1.82, 2.24) is 5.32 Å². The Kier molecular flexibility index (Phi) is 6.94. The Morgan fingerprint density at radius 2 is 2.00 bits per heavy atom. The number of carboxylic acids is 1. The average molecular weight is 293 g/mol. The van der Waals surface area contributed by atoms with Crippen LogP contribution >= 0.6 is 0 Å². The quantitative estimate of drug-likeness (QED) is 0.533. The second-order valence-electron chi connectivity index (χ2n) is 4.49. The third-order valence-electron chi connectivity index (χ3n) is 2.82. The first-order valence-corrected chi connectivity index (χ1v) is 6.78. The molecule has 0 aliphatic rings. The zero-order chi connectivity index (χ0) is 15.7. The summed E-state index contributed by atoms with van der Waals surface area (Å²) in [6, 6.07) is 6.48. The fraction of sp³-hybridized carbons (Fsp3) is 0.400. The molecule has 1 atom stereocenters. The fourth-order valence-corrected chi connectivity index (χ4v) is 1.68. The van der Waals surface area contributed by atoms with Crippen LogP contribution in [0, 0.1) is 0 Å². The average Bonchev–Trinajstić information content (AvgIpc) is 2.49. The Bertz CT molecular complexity index is 483. The molecule has 1 aromatic rings. The molecule has 0 spiro atoms. The van der Waals surface area contributed by atoms with Crippen LogP contribution in [0.5, 0.6) is 5.75 Å². The molecule has 0 heterocycles. The van der Waals surface area contributed by atoms with E-state index in [1.807, 2.05) is 6.92 Å². The highest BCUT2D eigenvalue weighted by Crippen LogP contribution is 2.14. The minimum atomic E-state index is -0.886. The molecule has 6 heteroatoms. The maximum absolute atomic E-state index is 11.9. The molecule has 0 aromatic heterocycles. The van der Waals surface area contributed by atoms with Crippen LogP contribution in [0.3, 0.4) is 0 Å².